The van der Waals surface area contributed by atoms with Crippen molar-refractivity contribution in [2.24, 2.45) is 0 Å². The van der Waals surface area contributed by atoms with Crippen LogP contribution in [0.5, 0.6) is 5.75 Å². The van der Waals surface area contributed by atoms with Crippen LogP contribution in [0.25, 0.3) is 0 Å². The SMILES string of the molecule is Cc1ncc(OCc2c(Cl)ccc(Cl)c2Cl)cn1. The minimum Gasteiger partial charge on any atom is -0.486 e. The van der Waals surface area contributed by atoms with Gasteiger partial charge in [-0.25, -0.2) is 9.97 Å². The van der Waals surface area contributed by atoms with Gasteiger partial charge < -0.3 is 4.74 Å². The number of hydrogen-bond donors (Lipinski definition) is 0. The topological polar surface area (TPSA) is 35.0 Å². The second kappa shape index (κ2) is 5.74. The second-order valence-electron chi connectivity index (χ2n) is 3.58. The van der Waals surface area contributed by atoms with Gasteiger partial charge in [0.2, 0.25) is 0 Å². The normalized spacial score (nSPS) is 10.4. The smallest absolute Gasteiger partial charge is 0.156 e. The first kappa shape index (κ1) is 13.4. The number of halogens is 3. The van der Waals surface area contributed by atoms with Crippen molar-refractivity contribution in [1.82, 2.24) is 9.97 Å². The van der Waals surface area contributed by atoms with Crippen molar-refractivity contribution in [2.45, 2.75) is 13.5 Å². The summed E-state index contributed by atoms with van der Waals surface area (Å²) < 4.78 is 5.51. The highest BCUT2D eigenvalue weighted by Gasteiger charge is 2.10. The second-order valence-corrected chi connectivity index (χ2v) is 4.77. The Morgan fingerprint density at radius 2 is 1.67 bits per heavy atom. The van der Waals surface area contributed by atoms with E-state index in [9.17, 15) is 0 Å². The third-order valence-electron chi connectivity index (χ3n) is 2.28. The Balaban J connectivity index is 2.15. The maximum absolute atomic E-state index is 6.06. The van der Waals surface area contributed by atoms with Crippen molar-refractivity contribution in [3.8, 4) is 5.75 Å². The van der Waals surface area contributed by atoms with E-state index in [0.717, 1.165) is 0 Å². The third-order valence-corrected chi connectivity index (χ3v) is 3.48. The van der Waals surface area contributed by atoms with E-state index in [1.165, 1.54) is 0 Å². The molecule has 0 saturated carbocycles. The Labute approximate surface area is 120 Å². The maximum Gasteiger partial charge on any atom is 0.156 e. The lowest BCUT2D eigenvalue weighted by Gasteiger charge is -2.10. The third kappa shape index (κ3) is 3.05. The van der Waals surface area contributed by atoms with Crippen LogP contribution in [0.2, 0.25) is 15.1 Å². The van der Waals surface area contributed by atoms with E-state index in [0.29, 0.717) is 32.2 Å². The van der Waals surface area contributed by atoms with Gasteiger partial charge in [-0.1, -0.05) is 34.8 Å². The number of hydrogen-bond acceptors (Lipinski definition) is 3. The fraction of sp³-hybridized carbons (Fsp3) is 0.167. The molecule has 6 heteroatoms. The van der Waals surface area contributed by atoms with E-state index in [4.69, 9.17) is 39.5 Å². The van der Waals surface area contributed by atoms with E-state index in [1.807, 2.05) is 0 Å². The van der Waals surface area contributed by atoms with Crippen LogP contribution in [-0.4, -0.2) is 9.97 Å². The molecule has 1 aromatic heterocycles. The molecule has 0 unspecified atom stereocenters. The van der Waals surface area contributed by atoms with Gasteiger partial charge in [0.25, 0.3) is 0 Å². The summed E-state index contributed by atoms with van der Waals surface area (Å²) in [7, 11) is 0. The average molecular weight is 304 g/mol. The van der Waals surface area contributed by atoms with Gasteiger partial charge >= 0.3 is 0 Å². The van der Waals surface area contributed by atoms with Crippen LogP contribution in [0.4, 0.5) is 0 Å². The van der Waals surface area contributed by atoms with Crippen LogP contribution in [0.15, 0.2) is 24.5 Å². The molecule has 0 radical (unpaired) electrons. The summed E-state index contributed by atoms with van der Waals surface area (Å²) in [4.78, 5) is 8.05. The molecule has 0 aliphatic heterocycles. The molecule has 0 bridgehead atoms. The molecule has 3 nitrogen and oxygen atoms in total. The average Bonchev–Trinajstić information content (AvgIpc) is 2.36. The van der Waals surface area contributed by atoms with Crippen molar-refractivity contribution >= 4 is 34.8 Å². The minimum absolute atomic E-state index is 0.213. The lowest BCUT2D eigenvalue weighted by Crippen LogP contribution is -1.99. The van der Waals surface area contributed by atoms with Gasteiger partial charge in [-0.15, -0.1) is 0 Å². The molecule has 18 heavy (non-hydrogen) atoms. The molecular formula is C12H9Cl3N2O. The molecule has 0 N–H and O–H groups in total. The minimum atomic E-state index is 0.213. The molecule has 1 heterocycles. The first-order valence-corrected chi connectivity index (χ1v) is 6.25. The van der Waals surface area contributed by atoms with Crippen LogP contribution < -0.4 is 4.74 Å². The summed E-state index contributed by atoms with van der Waals surface area (Å²) in [6.07, 6.45) is 3.18. The fourth-order valence-electron chi connectivity index (χ4n) is 1.31. The number of rotatable bonds is 3. The molecule has 2 rings (SSSR count). The first-order chi connectivity index (χ1) is 8.58. The summed E-state index contributed by atoms with van der Waals surface area (Å²) in [5, 5.41) is 1.36. The molecule has 1 aromatic carbocycles. The molecule has 0 aliphatic carbocycles. The van der Waals surface area contributed by atoms with Gasteiger partial charge in [-0.2, -0.15) is 0 Å². The summed E-state index contributed by atoms with van der Waals surface area (Å²) in [6, 6.07) is 3.32. The van der Waals surface area contributed by atoms with Crippen molar-refractivity contribution in [3.05, 3.63) is 51.0 Å². The highest BCUT2D eigenvalue weighted by Crippen LogP contribution is 2.32. The van der Waals surface area contributed by atoms with Gasteiger partial charge in [0, 0.05) is 10.6 Å². The Kier molecular flexibility index (Phi) is 4.27. The zero-order valence-electron chi connectivity index (χ0n) is 9.45. The zero-order chi connectivity index (χ0) is 13.1. The van der Waals surface area contributed by atoms with Crippen molar-refractivity contribution in [3.63, 3.8) is 0 Å². The van der Waals surface area contributed by atoms with Gasteiger partial charge in [0.15, 0.2) is 5.75 Å². The van der Waals surface area contributed by atoms with E-state index < -0.39 is 0 Å². The number of ether oxygens (including phenoxy) is 1. The van der Waals surface area contributed by atoms with E-state index >= 15 is 0 Å². The highest BCUT2D eigenvalue weighted by molar-refractivity contribution is 6.44. The highest BCUT2D eigenvalue weighted by atomic mass is 35.5. The number of aryl methyl sites for hydroxylation is 1. The summed E-state index contributed by atoms with van der Waals surface area (Å²) in [6.45, 7) is 2.01. The number of nitrogens with zero attached hydrogens (tertiary/aromatic N) is 2. The predicted molar refractivity (Wildman–Crippen MR) is 72.6 cm³/mol. The molecule has 0 fully saturated rings. The van der Waals surface area contributed by atoms with Gasteiger partial charge in [0.05, 0.1) is 22.4 Å². The summed E-state index contributed by atoms with van der Waals surface area (Å²) in [5.41, 5.74) is 0.645. The molecule has 2 aromatic rings. The summed E-state index contributed by atoms with van der Waals surface area (Å²) in [5.74, 6) is 1.23. The lowest BCUT2D eigenvalue weighted by atomic mass is 10.2. The quantitative estimate of drug-likeness (QED) is 0.792. The van der Waals surface area contributed by atoms with Crippen LogP contribution in [0, 0.1) is 6.92 Å². The molecule has 0 saturated heterocycles. The van der Waals surface area contributed by atoms with Gasteiger partial charge in [0.1, 0.15) is 12.4 Å². The van der Waals surface area contributed by atoms with Crippen LogP contribution in [0.1, 0.15) is 11.4 Å². The van der Waals surface area contributed by atoms with Crippen LogP contribution in [-0.2, 0) is 6.61 Å². The lowest BCUT2D eigenvalue weighted by molar-refractivity contribution is 0.303. The van der Waals surface area contributed by atoms with E-state index in [1.54, 1.807) is 31.5 Å². The van der Waals surface area contributed by atoms with Crippen molar-refractivity contribution < 1.29 is 4.74 Å². The zero-order valence-corrected chi connectivity index (χ0v) is 11.7. The molecule has 0 atom stereocenters. The Morgan fingerprint density at radius 3 is 2.33 bits per heavy atom. The molecular weight excluding hydrogens is 295 g/mol. The maximum atomic E-state index is 6.06. The van der Waals surface area contributed by atoms with Crippen LogP contribution in [0.3, 0.4) is 0 Å². The number of benzene rings is 1. The van der Waals surface area contributed by atoms with Crippen molar-refractivity contribution in [1.29, 1.82) is 0 Å². The van der Waals surface area contributed by atoms with Gasteiger partial charge in [-0.05, 0) is 19.1 Å². The van der Waals surface area contributed by atoms with Gasteiger partial charge in [-0.3, -0.25) is 0 Å². The first-order valence-electron chi connectivity index (χ1n) is 5.11. The fourth-order valence-corrected chi connectivity index (χ4v) is 1.97. The monoisotopic (exact) mass is 302 g/mol. The molecule has 94 valence electrons. The van der Waals surface area contributed by atoms with E-state index in [2.05, 4.69) is 9.97 Å². The molecule has 0 amide bonds. The molecule has 0 aliphatic rings. The largest absolute Gasteiger partial charge is 0.486 e. The Hall–Kier alpha value is -1.03. The number of aromatic nitrogens is 2. The predicted octanol–water partition coefficient (Wildman–Crippen LogP) is 4.32. The Morgan fingerprint density at radius 1 is 1.06 bits per heavy atom. The van der Waals surface area contributed by atoms with Crippen LogP contribution >= 0.6 is 34.8 Å². The van der Waals surface area contributed by atoms with E-state index in [-0.39, 0.29) is 6.61 Å². The van der Waals surface area contributed by atoms with Crippen molar-refractivity contribution in [2.75, 3.05) is 0 Å². The summed E-state index contributed by atoms with van der Waals surface area (Å²) >= 11 is 18.0. The standard InChI is InChI=1S/C12H9Cl3N2O/c1-7-16-4-8(5-17-7)18-6-9-10(13)2-3-11(14)12(9)15/h2-5H,6H2,1H3. The Bertz CT molecular complexity index is 558. The molecule has 0 spiro atoms.